The van der Waals surface area contributed by atoms with Crippen LogP contribution in [0.4, 0.5) is 11.4 Å². The summed E-state index contributed by atoms with van der Waals surface area (Å²) in [6.45, 7) is 2.38. The van der Waals surface area contributed by atoms with Gasteiger partial charge in [0.05, 0.1) is 22.6 Å². The first-order valence-corrected chi connectivity index (χ1v) is 11.5. The van der Waals surface area contributed by atoms with E-state index in [-0.39, 0.29) is 5.91 Å². The van der Waals surface area contributed by atoms with Gasteiger partial charge in [-0.1, -0.05) is 12.1 Å². The zero-order valence-electron chi connectivity index (χ0n) is 15.5. The maximum Gasteiger partial charge on any atom is 0.255 e. The van der Waals surface area contributed by atoms with Gasteiger partial charge < -0.3 is 5.32 Å². The highest BCUT2D eigenvalue weighted by molar-refractivity contribution is 7.92. The number of aromatic nitrogens is 1. The van der Waals surface area contributed by atoms with E-state index >= 15 is 0 Å². The molecule has 28 heavy (non-hydrogen) atoms. The molecule has 0 atom stereocenters. The smallest absolute Gasteiger partial charge is 0.255 e. The summed E-state index contributed by atoms with van der Waals surface area (Å²) in [5.41, 5.74) is 4.65. The average Bonchev–Trinajstić information content (AvgIpc) is 3.27. The van der Waals surface area contributed by atoms with Crippen LogP contribution in [0.25, 0.3) is 11.3 Å². The minimum Gasteiger partial charge on any atom is -0.322 e. The number of nitrogens with one attached hydrogen (secondary N) is 1. The van der Waals surface area contributed by atoms with E-state index in [0.29, 0.717) is 29.9 Å². The fourth-order valence-electron chi connectivity index (χ4n) is 3.28. The number of anilines is 2. The standard InChI is InChI=1S/C20H19N3O3S2/c1-13-21-18(12-27-13)14-3-6-17(7-4-14)22-20(24)16-5-8-19-15(11-16)9-10-23(19)28(2,25)26/h3-8,11-12H,9-10H2,1-2H3,(H,22,24). The lowest BCUT2D eigenvalue weighted by molar-refractivity contribution is 0.102. The number of carbonyl (C=O) groups excluding carboxylic acids is 1. The maximum atomic E-state index is 12.6. The molecule has 6 nitrogen and oxygen atoms in total. The van der Waals surface area contributed by atoms with Gasteiger partial charge >= 0.3 is 0 Å². The molecular formula is C20H19N3O3S2. The van der Waals surface area contributed by atoms with Crippen LogP contribution in [-0.4, -0.2) is 32.1 Å². The fourth-order valence-corrected chi connectivity index (χ4v) is 4.86. The summed E-state index contributed by atoms with van der Waals surface area (Å²) in [4.78, 5) is 17.1. The topological polar surface area (TPSA) is 79.4 Å². The van der Waals surface area contributed by atoms with Gasteiger partial charge in [0.2, 0.25) is 10.0 Å². The Morgan fingerprint density at radius 2 is 1.93 bits per heavy atom. The molecule has 0 aliphatic carbocycles. The number of benzene rings is 2. The van der Waals surface area contributed by atoms with Gasteiger partial charge in [-0.05, 0) is 49.2 Å². The fraction of sp³-hybridized carbons (Fsp3) is 0.200. The Morgan fingerprint density at radius 3 is 2.57 bits per heavy atom. The predicted octanol–water partition coefficient (Wildman–Crippen LogP) is 3.69. The van der Waals surface area contributed by atoms with E-state index in [4.69, 9.17) is 0 Å². The summed E-state index contributed by atoms with van der Waals surface area (Å²) in [5, 5.41) is 5.91. The second-order valence-electron chi connectivity index (χ2n) is 6.71. The number of thiazole rings is 1. The Kier molecular flexibility index (Phi) is 4.68. The Bertz CT molecular complexity index is 1150. The second kappa shape index (κ2) is 7.03. The highest BCUT2D eigenvalue weighted by Gasteiger charge is 2.26. The Balaban J connectivity index is 1.50. The molecule has 0 bridgehead atoms. The molecule has 144 valence electrons. The van der Waals surface area contributed by atoms with Crippen LogP contribution in [0.2, 0.25) is 0 Å². The quantitative estimate of drug-likeness (QED) is 0.707. The highest BCUT2D eigenvalue weighted by atomic mass is 32.2. The van der Waals surface area contributed by atoms with Gasteiger partial charge in [-0.3, -0.25) is 9.10 Å². The molecule has 0 unspecified atom stereocenters. The number of hydrogen-bond donors (Lipinski definition) is 1. The Hall–Kier alpha value is -2.71. The van der Waals surface area contributed by atoms with Crippen molar-refractivity contribution >= 4 is 38.6 Å². The third kappa shape index (κ3) is 3.65. The lowest BCUT2D eigenvalue weighted by atomic mass is 10.1. The summed E-state index contributed by atoms with van der Waals surface area (Å²) >= 11 is 1.60. The Morgan fingerprint density at radius 1 is 1.18 bits per heavy atom. The molecule has 1 aromatic heterocycles. The van der Waals surface area contributed by atoms with Crippen LogP contribution >= 0.6 is 11.3 Å². The number of amides is 1. The van der Waals surface area contributed by atoms with Crippen LogP contribution < -0.4 is 9.62 Å². The largest absolute Gasteiger partial charge is 0.322 e. The third-order valence-corrected chi connectivity index (χ3v) is 6.61. The first-order chi connectivity index (χ1) is 13.3. The van der Waals surface area contributed by atoms with Crippen molar-refractivity contribution < 1.29 is 13.2 Å². The lowest BCUT2D eigenvalue weighted by Gasteiger charge is -2.16. The summed E-state index contributed by atoms with van der Waals surface area (Å²) in [7, 11) is -3.29. The first kappa shape index (κ1) is 18.6. The molecule has 2 aromatic carbocycles. The van der Waals surface area contributed by atoms with Crippen molar-refractivity contribution in [1.29, 1.82) is 0 Å². The molecule has 0 radical (unpaired) electrons. The Labute approximate surface area is 167 Å². The molecule has 0 saturated heterocycles. The van der Waals surface area contributed by atoms with Gasteiger partial charge in [0, 0.05) is 28.7 Å². The normalized spacial score (nSPS) is 13.4. The maximum absolute atomic E-state index is 12.6. The number of aryl methyl sites for hydroxylation is 1. The summed E-state index contributed by atoms with van der Waals surface area (Å²) < 4.78 is 25.0. The van der Waals surface area contributed by atoms with E-state index < -0.39 is 10.0 Å². The average molecular weight is 414 g/mol. The molecule has 8 heteroatoms. The van der Waals surface area contributed by atoms with Crippen molar-refractivity contribution in [2.45, 2.75) is 13.3 Å². The van der Waals surface area contributed by atoms with Gasteiger partial charge in [0.1, 0.15) is 0 Å². The molecule has 1 aliphatic heterocycles. The zero-order valence-corrected chi connectivity index (χ0v) is 17.1. The van der Waals surface area contributed by atoms with E-state index in [1.165, 1.54) is 10.6 Å². The van der Waals surface area contributed by atoms with Crippen LogP contribution in [0, 0.1) is 6.92 Å². The number of nitrogens with zero attached hydrogens (tertiary/aromatic N) is 2. The van der Waals surface area contributed by atoms with Crippen LogP contribution in [-0.2, 0) is 16.4 Å². The zero-order chi connectivity index (χ0) is 19.9. The van der Waals surface area contributed by atoms with Crippen LogP contribution in [0.15, 0.2) is 47.8 Å². The predicted molar refractivity (Wildman–Crippen MR) is 113 cm³/mol. The van der Waals surface area contributed by atoms with E-state index in [0.717, 1.165) is 21.8 Å². The minimum absolute atomic E-state index is 0.224. The van der Waals surface area contributed by atoms with Crippen molar-refractivity contribution in [2.75, 3.05) is 22.4 Å². The summed E-state index contributed by atoms with van der Waals surface area (Å²) in [5.74, 6) is -0.224. The van der Waals surface area contributed by atoms with Crippen molar-refractivity contribution in [1.82, 2.24) is 4.98 Å². The van der Waals surface area contributed by atoms with E-state index in [1.54, 1.807) is 29.5 Å². The molecular weight excluding hydrogens is 394 g/mol. The molecule has 1 N–H and O–H groups in total. The SMILES string of the molecule is Cc1nc(-c2ccc(NC(=O)c3ccc4c(c3)CCN4S(C)(=O)=O)cc2)cs1. The minimum atomic E-state index is -3.29. The molecule has 4 rings (SSSR count). The second-order valence-corrected chi connectivity index (χ2v) is 9.68. The van der Waals surface area contributed by atoms with Crippen molar-refractivity contribution in [3.05, 3.63) is 64.0 Å². The third-order valence-electron chi connectivity index (χ3n) is 4.65. The number of hydrogen-bond acceptors (Lipinski definition) is 5. The van der Waals surface area contributed by atoms with Gasteiger partial charge in [0.25, 0.3) is 5.91 Å². The summed E-state index contributed by atoms with van der Waals surface area (Å²) in [6.07, 6.45) is 1.80. The molecule has 1 amide bonds. The molecule has 0 saturated carbocycles. The molecule has 0 spiro atoms. The van der Waals surface area contributed by atoms with E-state index in [1.807, 2.05) is 36.6 Å². The van der Waals surface area contributed by atoms with Gasteiger partial charge in [-0.2, -0.15) is 0 Å². The first-order valence-electron chi connectivity index (χ1n) is 8.76. The van der Waals surface area contributed by atoms with E-state index in [9.17, 15) is 13.2 Å². The number of carbonyl (C=O) groups is 1. The van der Waals surface area contributed by atoms with Gasteiger partial charge in [-0.15, -0.1) is 11.3 Å². The summed E-state index contributed by atoms with van der Waals surface area (Å²) in [6, 6.07) is 12.7. The van der Waals surface area contributed by atoms with E-state index in [2.05, 4.69) is 10.3 Å². The van der Waals surface area contributed by atoms with Crippen molar-refractivity contribution in [3.63, 3.8) is 0 Å². The van der Waals surface area contributed by atoms with Gasteiger partial charge in [0.15, 0.2) is 0 Å². The molecule has 1 aliphatic rings. The van der Waals surface area contributed by atoms with Crippen LogP contribution in [0.3, 0.4) is 0 Å². The van der Waals surface area contributed by atoms with Crippen molar-refractivity contribution in [3.8, 4) is 11.3 Å². The number of rotatable bonds is 4. The van der Waals surface area contributed by atoms with Crippen LogP contribution in [0.1, 0.15) is 20.9 Å². The monoisotopic (exact) mass is 413 g/mol. The van der Waals surface area contributed by atoms with Crippen molar-refractivity contribution in [2.24, 2.45) is 0 Å². The molecule has 0 fully saturated rings. The lowest BCUT2D eigenvalue weighted by Crippen LogP contribution is -2.27. The number of sulfonamides is 1. The van der Waals surface area contributed by atoms with Crippen LogP contribution in [0.5, 0.6) is 0 Å². The van der Waals surface area contributed by atoms with Gasteiger partial charge in [-0.25, -0.2) is 13.4 Å². The molecule has 3 aromatic rings. The highest BCUT2D eigenvalue weighted by Crippen LogP contribution is 2.31. The number of fused-ring (bicyclic) bond motifs is 1. The molecule has 2 heterocycles.